The molecule has 1 aliphatic carbocycles. The summed E-state index contributed by atoms with van der Waals surface area (Å²) >= 11 is 0. The first kappa shape index (κ1) is 17.8. The highest BCUT2D eigenvalue weighted by Gasteiger charge is 2.45. The number of carbonyl (C=O) groups is 2. The fourth-order valence-corrected chi connectivity index (χ4v) is 3.74. The van der Waals surface area contributed by atoms with Crippen molar-refractivity contribution in [1.82, 2.24) is 20.2 Å². The molecule has 1 saturated carbocycles. The van der Waals surface area contributed by atoms with Gasteiger partial charge in [0.2, 0.25) is 5.91 Å². The number of imidazole rings is 1. The number of hydrogen-bond donors (Lipinski definition) is 2. The average Bonchev–Trinajstić information content (AvgIpc) is 3.12. The minimum absolute atomic E-state index is 0.0166. The van der Waals surface area contributed by atoms with Gasteiger partial charge in [0, 0.05) is 36.8 Å². The van der Waals surface area contributed by atoms with Gasteiger partial charge in [-0.3, -0.25) is 9.59 Å². The highest BCUT2D eigenvalue weighted by atomic mass is 16.5. The molecule has 2 aromatic heterocycles. The van der Waals surface area contributed by atoms with E-state index in [0.717, 1.165) is 12.1 Å². The van der Waals surface area contributed by atoms with E-state index in [4.69, 9.17) is 9.15 Å². The van der Waals surface area contributed by atoms with Crippen LogP contribution in [0.5, 0.6) is 0 Å². The van der Waals surface area contributed by atoms with E-state index in [1.807, 2.05) is 6.92 Å². The lowest BCUT2D eigenvalue weighted by Crippen LogP contribution is -2.53. The molecule has 2 aromatic rings. The van der Waals surface area contributed by atoms with Gasteiger partial charge in [0.25, 0.3) is 5.91 Å². The van der Waals surface area contributed by atoms with Crippen LogP contribution >= 0.6 is 0 Å². The topological polar surface area (TPSA) is 100 Å². The number of morpholine rings is 1. The zero-order valence-corrected chi connectivity index (χ0v) is 15.5. The average molecular weight is 372 g/mol. The van der Waals surface area contributed by atoms with Crippen molar-refractivity contribution in [3.63, 3.8) is 0 Å². The van der Waals surface area contributed by atoms with Crippen LogP contribution in [0.15, 0.2) is 23.0 Å². The Morgan fingerprint density at radius 3 is 2.96 bits per heavy atom. The molecule has 4 rings (SSSR count). The molecule has 2 amide bonds. The molecule has 0 spiro atoms. The molecule has 144 valence electrons. The second-order valence-corrected chi connectivity index (χ2v) is 7.25. The quantitative estimate of drug-likeness (QED) is 0.826. The lowest BCUT2D eigenvalue weighted by molar-refractivity contribution is -0.123. The maximum atomic E-state index is 12.9. The molecule has 2 fully saturated rings. The summed E-state index contributed by atoms with van der Waals surface area (Å²) in [7, 11) is 0. The first-order valence-corrected chi connectivity index (χ1v) is 9.26. The van der Waals surface area contributed by atoms with Gasteiger partial charge in [-0.2, -0.15) is 0 Å². The molecule has 2 N–H and O–H groups in total. The zero-order chi connectivity index (χ0) is 19.0. The number of aromatic nitrogens is 2. The van der Waals surface area contributed by atoms with Gasteiger partial charge < -0.3 is 24.4 Å². The van der Waals surface area contributed by atoms with Crippen LogP contribution in [0.25, 0.3) is 0 Å². The molecule has 27 heavy (non-hydrogen) atoms. The lowest BCUT2D eigenvalue weighted by Gasteiger charge is -2.35. The molecule has 1 saturated heterocycles. The number of nitrogens with one attached hydrogen (secondary N) is 2. The van der Waals surface area contributed by atoms with Crippen molar-refractivity contribution in [2.75, 3.05) is 26.3 Å². The minimum atomic E-state index is -0.186. The molecule has 0 bridgehead atoms. The van der Waals surface area contributed by atoms with Crippen LogP contribution in [0.4, 0.5) is 0 Å². The Kier molecular flexibility index (Phi) is 4.73. The first-order valence-electron chi connectivity index (χ1n) is 9.26. The van der Waals surface area contributed by atoms with Gasteiger partial charge in [0.05, 0.1) is 31.1 Å². The molecule has 3 heterocycles. The largest absolute Gasteiger partial charge is 0.466 e. The number of aryl methyl sites for hydroxylation is 2. The number of hydrogen-bond acceptors (Lipinski definition) is 5. The highest BCUT2D eigenvalue weighted by Crippen LogP contribution is 2.46. The van der Waals surface area contributed by atoms with Gasteiger partial charge in [-0.1, -0.05) is 0 Å². The third-order valence-corrected chi connectivity index (χ3v) is 5.32. The van der Waals surface area contributed by atoms with E-state index < -0.39 is 0 Å². The number of nitrogens with zero attached hydrogens (tertiary/aromatic N) is 2. The molecule has 1 unspecified atom stereocenters. The van der Waals surface area contributed by atoms with Gasteiger partial charge in [0.1, 0.15) is 11.5 Å². The standard InChI is InChI=1S/C19H24N4O4/c1-11-5-14(12(2)27-11)19(25)23-3-4-26-9-13(23)7-21-18(24)16-6-15(16)17-8-20-10-22-17/h5,8,10,13,15-16H,3-4,6-7,9H2,1-2H3,(H,20,22)(H,21,24)/t13?,15-,16-/m1/s1. The molecule has 2 aliphatic rings. The summed E-state index contributed by atoms with van der Waals surface area (Å²) in [4.78, 5) is 34.2. The maximum absolute atomic E-state index is 12.9. The van der Waals surface area contributed by atoms with E-state index in [-0.39, 0.29) is 29.7 Å². The molecule has 3 atom stereocenters. The Hall–Kier alpha value is -2.61. The maximum Gasteiger partial charge on any atom is 0.257 e. The van der Waals surface area contributed by atoms with Gasteiger partial charge in [-0.05, 0) is 26.3 Å². The first-order chi connectivity index (χ1) is 13.0. The van der Waals surface area contributed by atoms with Crippen LogP contribution in [0.2, 0.25) is 0 Å². The van der Waals surface area contributed by atoms with Crippen molar-refractivity contribution in [2.24, 2.45) is 5.92 Å². The lowest BCUT2D eigenvalue weighted by atomic mass is 10.1. The van der Waals surface area contributed by atoms with E-state index in [2.05, 4.69) is 15.3 Å². The zero-order valence-electron chi connectivity index (χ0n) is 15.5. The molecule has 1 aliphatic heterocycles. The summed E-state index contributed by atoms with van der Waals surface area (Å²) in [6.45, 7) is 5.41. The molecular formula is C19H24N4O4. The Morgan fingerprint density at radius 2 is 2.26 bits per heavy atom. The van der Waals surface area contributed by atoms with Crippen molar-refractivity contribution in [3.8, 4) is 0 Å². The summed E-state index contributed by atoms with van der Waals surface area (Å²) in [6.07, 6.45) is 4.22. The number of rotatable bonds is 5. The van der Waals surface area contributed by atoms with Crippen LogP contribution < -0.4 is 5.32 Å². The second-order valence-electron chi connectivity index (χ2n) is 7.25. The Morgan fingerprint density at radius 1 is 1.41 bits per heavy atom. The summed E-state index contributed by atoms with van der Waals surface area (Å²) in [5, 5.41) is 2.99. The molecular weight excluding hydrogens is 348 g/mol. The predicted molar refractivity (Wildman–Crippen MR) is 96.3 cm³/mol. The highest BCUT2D eigenvalue weighted by molar-refractivity contribution is 5.95. The van der Waals surface area contributed by atoms with Gasteiger partial charge in [-0.15, -0.1) is 0 Å². The van der Waals surface area contributed by atoms with Crippen LogP contribution in [0.1, 0.15) is 39.9 Å². The van der Waals surface area contributed by atoms with E-state index in [0.29, 0.717) is 43.4 Å². The Labute approximate surface area is 157 Å². The third kappa shape index (κ3) is 3.62. The van der Waals surface area contributed by atoms with Crippen molar-refractivity contribution in [3.05, 3.63) is 41.4 Å². The molecule has 0 radical (unpaired) electrons. The number of amides is 2. The smallest absolute Gasteiger partial charge is 0.257 e. The van der Waals surface area contributed by atoms with Crippen molar-refractivity contribution in [1.29, 1.82) is 0 Å². The number of carbonyl (C=O) groups excluding carboxylic acids is 2. The predicted octanol–water partition coefficient (Wildman–Crippen LogP) is 1.38. The van der Waals surface area contributed by atoms with E-state index >= 15 is 0 Å². The molecule has 8 nitrogen and oxygen atoms in total. The number of ether oxygens (including phenoxy) is 1. The fourth-order valence-electron chi connectivity index (χ4n) is 3.74. The van der Waals surface area contributed by atoms with Crippen LogP contribution in [-0.2, 0) is 9.53 Å². The summed E-state index contributed by atoms with van der Waals surface area (Å²) in [6, 6.07) is 1.58. The summed E-state index contributed by atoms with van der Waals surface area (Å²) < 4.78 is 11.0. The third-order valence-electron chi connectivity index (χ3n) is 5.32. The fraction of sp³-hybridized carbons (Fsp3) is 0.526. The number of aromatic amines is 1. The number of furan rings is 1. The van der Waals surface area contributed by atoms with Crippen molar-refractivity contribution < 1.29 is 18.7 Å². The summed E-state index contributed by atoms with van der Waals surface area (Å²) in [5.41, 5.74) is 1.57. The normalized spacial score (nSPS) is 24.7. The van der Waals surface area contributed by atoms with Gasteiger partial charge >= 0.3 is 0 Å². The monoisotopic (exact) mass is 372 g/mol. The van der Waals surface area contributed by atoms with Crippen molar-refractivity contribution >= 4 is 11.8 Å². The second kappa shape index (κ2) is 7.19. The minimum Gasteiger partial charge on any atom is -0.466 e. The van der Waals surface area contributed by atoms with E-state index in [9.17, 15) is 9.59 Å². The van der Waals surface area contributed by atoms with Gasteiger partial charge in [0.15, 0.2) is 0 Å². The van der Waals surface area contributed by atoms with Crippen molar-refractivity contribution in [2.45, 2.75) is 32.2 Å². The molecule has 0 aromatic carbocycles. The SMILES string of the molecule is Cc1cc(C(=O)N2CCOCC2CNC(=O)[C@@H]2C[C@H]2c2cnc[nH]2)c(C)o1. The summed E-state index contributed by atoms with van der Waals surface area (Å²) in [5.74, 6) is 1.46. The van der Waals surface area contributed by atoms with E-state index in [1.165, 1.54) is 0 Å². The van der Waals surface area contributed by atoms with Crippen LogP contribution in [-0.4, -0.2) is 59.0 Å². The Balaban J connectivity index is 1.36. The number of H-pyrrole nitrogens is 1. The van der Waals surface area contributed by atoms with Crippen LogP contribution in [0, 0.1) is 19.8 Å². The van der Waals surface area contributed by atoms with Crippen LogP contribution in [0.3, 0.4) is 0 Å². The van der Waals surface area contributed by atoms with E-state index in [1.54, 1.807) is 30.4 Å². The molecule has 8 heteroatoms. The Bertz CT molecular complexity index is 829. The van der Waals surface area contributed by atoms with Gasteiger partial charge in [-0.25, -0.2) is 4.98 Å².